The molecule has 5 heteroatoms. The maximum Gasteiger partial charge on any atom is 0.259 e. The predicted octanol–water partition coefficient (Wildman–Crippen LogP) is 3.77. The van der Waals surface area contributed by atoms with Crippen LogP contribution in [-0.2, 0) is 0 Å². The topological polar surface area (TPSA) is 49.6 Å². The molecule has 0 unspecified atom stereocenters. The molecule has 2 saturated heterocycles. The van der Waals surface area contributed by atoms with Crippen molar-refractivity contribution in [3.63, 3.8) is 0 Å². The highest BCUT2D eigenvalue weighted by Crippen LogP contribution is 2.39. The molecular weight excluding hydrogens is 338 g/mol. The molecule has 0 N–H and O–H groups in total. The highest BCUT2D eigenvalue weighted by Gasteiger charge is 2.44. The molecule has 1 amide bonds. The Bertz CT molecular complexity index is 782. The van der Waals surface area contributed by atoms with Crippen LogP contribution in [0.2, 0.25) is 0 Å². The lowest BCUT2D eigenvalue weighted by molar-refractivity contribution is 0.0344. The summed E-state index contributed by atoms with van der Waals surface area (Å²) in [7, 11) is 2.21. The van der Waals surface area contributed by atoms with Crippen LogP contribution in [-0.4, -0.2) is 53.1 Å². The van der Waals surface area contributed by atoms with Gasteiger partial charge >= 0.3 is 0 Å². The second-order valence-corrected chi connectivity index (χ2v) is 8.04. The molecule has 4 rings (SSSR count). The predicted molar refractivity (Wildman–Crippen MR) is 105 cm³/mol. The zero-order valence-electron chi connectivity index (χ0n) is 16.5. The third-order valence-electron chi connectivity index (χ3n) is 6.41. The van der Waals surface area contributed by atoms with Crippen LogP contribution in [0, 0.1) is 13.8 Å². The molecule has 0 bridgehead atoms. The van der Waals surface area contributed by atoms with Crippen LogP contribution in [0.1, 0.15) is 59.0 Å². The Kier molecular flexibility index (Phi) is 5.04. The lowest BCUT2D eigenvalue weighted by atomic mass is 9.79. The monoisotopic (exact) mass is 367 g/mol. The Morgan fingerprint density at radius 2 is 1.89 bits per heavy atom. The fourth-order valence-electron chi connectivity index (χ4n) is 5.04. The summed E-state index contributed by atoms with van der Waals surface area (Å²) in [6.07, 6.45) is 4.44. The third-order valence-corrected chi connectivity index (χ3v) is 6.41. The van der Waals surface area contributed by atoms with Gasteiger partial charge < -0.3 is 14.3 Å². The molecule has 2 aromatic rings. The first-order valence-electron chi connectivity index (χ1n) is 10.1. The van der Waals surface area contributed by atoms with Gasteiger partial charge in [0.25, 0.3) is 5.91 Å². The number of rotatable bonds is 2. The van der Waals surface area contributed by atoms with Crippen molar-refractivity contribution in [1.82, 2.24) is 15.0 Å². The summed E-state index contributed by atoms with van der Waals surface area (Å²) in [6, 6.07) is 11.3. The van der Waals surface area contributed by atoms with Crippen LogP contribution in [0.25, 0.3) is 0 Å². The van der Waals surface area contributed by atoms with Gasteiger partial charge in [0.2, 0.25) is 0 Å². The zero-order chi connectivity index (χ0) is 19.0. The average molecular weight is 367 g/mol. The molecule has 0 saturated carbocycles. The van der Waals surface area contributed by atoms with Crippen molar-refractivity contribution >= 4 is 5.91 Å². The first kappa shape index (κ1) is 18.2. The smallest absolute Gasteiger partial charge is 0.259 e. The van der Waals surface area contributed by atoms with E-state index in [1.54, 1.807) is 0 Å². The molecule has 3 atom stereocenters. The van der Waals surface area contributed by atoms with E-state index in [-0.39, 0.29) is 11.9 Å². The lowest BCUT2D eigenvalue weighted by Gasteiger charge is -2.48. The number of benzene rings is 1. The van der Waals surface area contributed by atoms with E-state index in [1.807, 2.05) is 13.8 Å². The van der Waals surface area contributed by atoms with Crippen molar-refractivity contribution in [1.29, 1.82) is 0 Å². The van der Waals surface area contributed by atoms with Crippen molar-refractivity contribution in [3.8, 4) is 0 Å². The fraction of sp³-hybridized carbons (Fsp3) is 0.545. The van der Waals surface area contributed by atoms with Gasteiger partial charge in [-0.05, 0) is 52.3 Å². The van der Waals surface area contributed by atoms with Crippen molar-refractivity contribution < 1.29 is 9.32 Å². The molecule has 1 aromatic heterocycles. The maximum absolute atomic E-state index is 13.6. The summed E-state index contributed by atoms with van der Waals surface area (Å²) in [5.74, 6) is 1.08. The summed E-state index contributed by atoms with van der Waals surface area (Å²) >= 11 is 0. The van der Waals surface area contributed by atoms with Gasteiger partial charge in [0.1, 0.15) is 11.3 Å². The Morgan fingerprint density at radius 3 is 2.59 bits per heavy atom. The minimum atomic E-state index is 0.0828. The number of carbonyl (C=O) groups excluding carboxylic acids is 1. The standard InChI is InChI=1S/C22H29N3O2/c1-15-20(16(2)27-23-15)22(26)25-13-8-7-11-19-21(25)18(12-14-24(19)3)17-9-5-4-6-10-17/h4-6,9-10,18-19,21H,7-8,11-14H2,1-3H3/t18-,19-,21-/m1/s1. The first-order valence-corrected chi connectivity index (χ1v) is 10.1. The molecule has 1 aromatic carbocycles. The molecule has 0 aliphatic carbocycles. The SMILES string of the molecule is Cc1noc(C)c1C(=O)N1CCCC[C@@H]2[C@H]1[C@@H](c1ccccc1)CCN2C. The maximum atomic E-state index is 13.6. The van der Waals surface area contributed by atoms with Gasteiger partial charge in [0.05, 0.1) is 11.7 Å². The number of hydrogen-bond donors (Lipinski definition) is 0. The number of amides is 1. The van der Waals surface area contributed by atoms with Gasteiger partial charge in [-0.2, -0.15) is 0 Å². The number of nitrogens with zero attached hydrogens (tertiary/aromatic N) is 3. The van der Waals surface area contributed by atoms with Crippen molar-refractivity contribution in [2.75, 3.05) is 20.1 Å². The summed E-state index contributed by atoms with van der Waals surface area (Å²) in [5.41, 5.74) is 2.69. The number of piperidine rings is 1. The minimum Gasteiger partial charge on any atom is -0.361 e. The number of carbonyl (C=O) groups is 1. The number of hydrogen-bond acceptors (Lipinski definition) is 4. The summed E-state index contributed by atoms with van der Waals surface area (Å²) in [5, 5.41) is 4.02. The molecule has 2 aliphatic rings. The number of aryl methyl sites for hydroxylation is 2. The minimum absolute atomic E-state index is 0.0828. The number of likely N-dealkylation sites (N-methyl/N-ethyl adjacent to an activating group) is 1. The largest absolute Gasteiger partial charge is 0.361 e. The molecular formula is C22H29N3O2. The van der Waals surface area contributed by atoms with E-state index in [0.29, 0.717) is 29.0 Å². The van der Waals surface area contributed by atoms with Crippen LogP contribution in [0.4, 0.5) is 0 Å². The van der Waals surface area contributed by atoms with E-state index >= 15 is 0 Å². The second kappa shape index (κ2) is 7.47. The third kappa shape index (κ3) is 3.29. The van der Waals surface area contributed by atoms with Gasteiger partial charge in [0.15, 0.2) is 0 Å². The number of likely N-dealkylation sites (tertiary alicyclic amines) is 2. The van der Waals surface area contributed by atoms with Gasteiger partial charge in [-0.25, -0.2) is 0 Å². The molecule has 2 fully saturated rings. The van der Waals surface area contributed by atoms with E-state index in [9.17, 15) is 4.79 Å². The molecule has 27 heavy (non-hydrogen) atoms. The molecule has 5 nitrogen and oxygen atoms in total. The molecule has 2 aliphatic heterocycles. The quantitative estimate of drug-likeness (QED) is 0.811. The molecule has 144 valence electrons. The van der Waals surface area contributed by atoms with E-state index in [2.05, 4.69) is 52.3 Å². The van der Waals surface area contributed by atoms with E-state index in [4.69, 9.17) is 4.52 Å². The van der Waals surface area contributed by atoms with Gasteiger partial charge in [0, 0.05) is 18.5 Å². The van der Waals surface area contributed by atoms with E-state index < -0.39 is 0 Å². The van der Waals surface area contributed by atoms with Crippen molar-refractivity contribution in [2.45, 2.75) is 57.5 Å². The van der Waals surface area contributed by atoms with Crippen LogP contribution in [0.5, 0.6) is 0 Å². The Balaban J connectivity index is 1.75. The Labute approximate surface area is 161 Å². The summed E-state index contributed by atoms with van der Waals surface area (Å²) < 4.78 is 5.30. The first-order chi connectivity index (χ1) is 13.1. The second-order valence-electron chi connectivity index (χ2n) is 8.04. The molecule has 0 spiro atoms. The highest BCUT2D eigenvalue weighted by atomic mass is 16.5. The normalized spacial score (nSPS) is 26.5. The summed E-state index contributed by atoms with van der Waals surface area (Å²) in [4.78, 5) is 18.2. The fourth-order valence-corrected chi connectivity index (χ4v) is 5.04. The number of aromatic nitrogens is 1. The van der Waals surface area contributed by atoms with Gasteiger partial charge in [-0.15, -0.1) is 0 Å². The Morgan fingerprint density at radius 1 is 1.11 bits per heavy atom. The van der Waals surface area contributed by atoms with Crippen LogP contribution < -0.4 is 0 Å². The lowest BCUT2D eigenvalue weighted by Crippen LogP contribution is -2.58. The van der Waals surface area contributed by atoms with Gasteiger partial charge in [-0.3, -0.25) is 4.79 Å². The van der Waals surface area contributed by atoms with Crippen molar-refractivity contribution in [3.05, 3.63) is 52.9 Å². The van der Waals surface area contributed by atoms with Crippen molar-refractivity contribution in [2.24, 2.45) is 0 Å². The molecule has 0 radical (unpaired) electrons. The summed E-state index contributed by atoms with van der Waals surface area (Å²) in [6.45, 7) is 5.58. The van der Waals surface area contributed by atoms with Crippen LogP contribution >= 0.6 is 0 Å². The number of fused-ring (bicyclic) bond motifs is 1. The van der Waals surface area contributed by atoms with Crippen LogP contribution in [0.15, 0.2) is 34.9 Å². The Hall–Kier alpha value is -2.14. The highest BCUT2D eigenvalue weighted by molar-refractivity contribution is 5.96. The molecule has 3 heterocycles. The zero-order valence-corrected chi connectivity index (χ0v) is 16.5. The van der Waals surface area contributed by atoms with Gasteiger partial charge in [-0.1, -0.05) is 41.9 Å². The average Bonchev–Trinajstić information content (AvgIpc) is 2.88. The van der Waals surface area contributed by atoms with E-state index in [0.717, 1.165) is 32.4 Å². The van der Waals surface area contributed by atoms with E-state index in [1.165, 1.54) is 12.0 Å². The van der Waals surface area contributed by atoms with Crippen LogP contribution in [0.3, 0.4) is 0 Å².